The maximum Gasteiger partial charge on any atom is 0.187 e. The fraction of sp³-hybridized carbons (Fsp3) is 0.176. The first kappa shape index (κ1) is 13.8. The average molecular weight is 295 g/mol. The number of hydrogen-bond donors (Lipinski definition) is 2. The van der Waals surface area contributed by atoms with E-state index in [2.05, 4.69) is 59.2 Å². The molecule has 21 heavy (non-hydrogen) atoms. The molecule has 2 N–H and O–H groups in total. The molecule has 0 fully saturated rings. The summed E-state index contributed by atoms with van der Waals surface area (Å²) in [5.41, 5.74) is 7.51. The molecule has 1 heterocycles. The molecule has 0 spiro atoms. The molecule has 106 valence electrons. The van der Waals surface area contributed by atoms with Crippen LogP contribution < -0.4 is 10.7 Å². The highest BCUT2D eigenvalue weighted by Crippen LogP contribution is 2.21. The van der Waals surface area contributed by atoms with Crippen LogP contribution in [0.25, 0.3) is 0 Å². The van der Waals surface area contributed by atoms with Gasteiger partial charge in [0.05, 0.1) is 11.8 Å². The summed E-state index contributed by atoms with van der Waals surface area (Å²) in [6.07, 6.45) is 0.792. The fourth-order valence-corrected chi connectivity index (χ4v) is 2.60. The van der Waals surface area contributed by atoms with E-state index in [1.165, 1.54) is 11.1 Å². The van der Waals surface area contributed by atoms with Gasteiger partial charge in [-0.2, -0.15) is 5.10 Å². The van der Waals surface area contributed by atoms with E-state index in [1.807, 2.05) is 18.2 Å². The molecule has 0 saturated heterocycles. The molecule has 1 aliphatic heterocycles. The monoisotopic (exact) mass is 295 g/mol. The lowest BCUT2D eigenvalue weighted by Gasteiger charge is -2.17. The Balaban J connectivity index is 1.91. The van der Waals surface area contributed by atoms with Gasteiger partial charge in [-0.25, -0.2) is 0 Å². The van der Waals surface area contributed by atoms with Crippen LogP contribution in [0.1, 0.15) is 29.2 Å². The zero-order valence-corrected chi connectivity index (χ0v) is 12.7. The maximum absolute atomic E-state index is 5.26. The third-order valence-corrected chi connectivity index (χ3v) is 3.79. The van der Waals surface area contributed by atoms with E-state index in [4.69, 9.17) is 12.2 Å². The van der Waals surface area contributed by atoms with Crippen LogP contribution in [-0.4, -0.2) is 10.8 Å². The number of nitrogens with zero attached hydrogens (tertiary/aromatic N) is 1. The van der Waals surface area contributed by atoms with Gasteiger partial charge in [-0.1, -0.05) is 60.2 Å². The number of rotatable bonds is 2. The van der Waals surface area contributed by atoms with E-state index in [1.54, 1.807) is 0 Å². The van der Waals surface area contributed by atoms with Gasteiger partial charge in [-0.05, 0) is 30.3 Å². The van der Waals surface area contributed by atoms with E-state index < -0.39 is 0 Å². The number of nitrogens with one attached hydrogen (secondary N) is 2. The highest BCUT2D eigenvalue weighted by molar-refractivity contribution is 7.80. The van der Waals surface area contributed by atoms with Crippen molar-refractivity contribution in [1.29, 1.82) is 0 Å². The normalized spacial score (nSPS) is 18.2. The van der Waals surface area contributed by atoms with Gasteiger partial charge in [0.2, 0.25) is 0 Å². The number of benzene rings is 2. The van der Waals surface area contributed by atoms with Gasteiger partial charge in [0.25, 0.3) is 0 Å². The fourth-order valence-electron chi connectivity index (χ4n) is 2.41. The molecule has 1 unspecified atom stereocenters. The van der Waals surface area contributed by atoms with Crippen LogP contribution in [0, 0.1) is 6.92 Å². The summed E-state index contributed by atoms with van der Waals surface area (Å²) in [6.45, 7) is 2.08. The Morgan fingerprint density at radius 3 is 2.48 bits per heavy atom. The minimum atomic E-state index is 0.133. The molecule has 0 saturated carbocycles. The molecule has 3 rings (SSSR count). The summed E-state index contributed by atoms with van der Waals surface area (Å²) < 4.78 is 0. The molecule has 0 aliphatic carbocycles. The molecule has 0 radical (unpaired) electrons. The quantitative estimate of drug-likeness (QED) is 0.835. The van der Waals surface area contributed by atoms with Crippen molar-refractivity contribution >= 4 is 23.0 Å². The average Bonchev–Trinajstić information content (AvgIpc) is 2.71. The van der Waals surface area contributed by atoms with Crippen LogP contribution in [0.15, 0.2) is 59.7 Å². The molecular formula is C17H17N3S. The minimum absolute atomic E-state index is 0.133. The Morgan fingerprint density at radius 2 is 1.76 bits per heavy atom. The lowest BCUT2D eigenvalue weighted by molar-refractivity contribution is 0.680. The molecule has 4 heteroatoms. The lowest BCUT2D eigenvalue weighted by Crippen LogP contribution is -2.33. The second kappa shape index (κ2) is 6.06. The van der Waals surface area contributed by atoms with Crippen molar-refractivity contribution in [2.45, 2.75) is 19.4 Å². The van der Waals surface area contributed by atoms with E-state index in [0.29, 0.717) is 5.11 Å². The van der Waals surface area contributed by atoms with Crippen molar-refractivity contribution in [3.63, 3.8) is 0 Å². The van der Waals surface area contributed by atoms with Crippen LogP contribution in [-0.2, 0) is 0 Å². The molecule has 2 aromatic carbocycles. The molecule has 3 nitrogen and oxygen atoms in total. The summed E-state index contributed by atoms with van der Waals surface area (Å²) in [4.78, 5) is 0. The van der Waals surface area contributed by atoms with Crippen LogP contribution >= 0.6 is 12.2 Å². The SMILES string of the molecule is Cc1ccc(C2=NNC(=S)NC(c3ccccc3)C2)cc1. The number of hydrazone groups is 1. The zero-order chi connectivity index (χ0) is 14.7. The van der Waals surface area contributed by atoms with Crippen molar-refractivity contribution in [2.24, 2.45) is 5.10 Å². The van der Waals surface area contributed by atoms with Gasteiger partial charge in [-0.15, -0.1) is 0 Å². The molecule has 0 bridgehead atoms. The second-order valence-corrected chi connectivity index (χ2v) is 5.59. The third-order valence-electron chi connectivity index (χ3n) is 3.58. The summed E-state index contributed by atoms with van der Waals surface area (Å²) >= 11 is 5.26. The van der Waals surface area contributed by atoms with Gasteiger partial charge in [-0.3, -0.25) is 5.43 Å². The highest BCUT2D eigenvalue weighted by atomic mass is 32.1. The van der Waals surface area contributed by atoms with Crippen molar-refractivity contribution in [3.05, 3.63) is 71.3 Å². The van der Waals surface area contributed by atoms with Gasteiger partial charge in [0, 0.05) is 6.42 Å². The molecule has 1 aliphatic rings. The lowest BCUT2D eigenvalue weighted by atomic mass is 9.97. The largest absolute Gasteiger partial charge is 0.354 e. The molecule has 1 atom stereocenters. The Hall–Kier alpha value is -2.20. The number of thiocarbonyl (C=S) groups is 1. The number of hydrogen-bond acceptors (Lipinski definition) is 2. The molecule has 2 aromatic rings. The molecule has 0 aromatic heterocycles. The van der Waals surface area contributed by atoms with Crippen molar-refractivity contribution in [3.8, 4) is 0 Å². The Morgan fingerprint density at radius 1 is 1.05 bits per heavy atom. The van der Waals surface area contributed by atoms with Crippen LogP contribution in [0.2, 0.25) is 0 Å². The predicted octanol–water partition coefficient (Wildman–Crippen LogP) is 3.31. The second-order valence-electron chi connectivity index (χ2n) is 5.18. The summed E-state index contributed by atoms with van der Waals surface area (Å²) in [6, 6.07) is 18.9. The van der Waals surface area contributed by atoms with Crippen molar-refractivity contribution in [2.75, 3.05) is 0 Å². The van der Waals surface area contributed by atoms with E-state index in [0.717, 1.165) is 17.7 Å². The Bertz CT molecular complexity index is 662. The van der Waals surface area contributed by atoms with Crippen LogP contribution in [0.3, 0.4) is 0 Å². The topological polar surface area (TPSA) is 36.4 Å². The summed E-state index contributed by atoms with van der Waals surface area (Å²) in [5.74, 6) is 0. The van der Waals surface area contributed by atoms with Gasteiger partial charge < -0.3 is 5.32 Å². The van der Waals surface area contributed by atoms with E-state index in [-0.39, 0.29) is 6.04 Å². The standard InChI is InChI=1S/C17H17N3S/c1-12-7-9-14(10-8-12)16-11-15(18-17(21)20-19-16)13-5-3-2-4-6-13/h2-10,15H,11H2,1H3,(H2,18,20,21). The predicted molar refractivity (Wildman–Crippen MR) is 90.4 cm³/mol. The van der Waals surface area contributed by atoms with Crippen LogP contribution in [0.4, 0.5) is 0 Å². The van der Waals surface area contributed by atoms with Crippen molar-refractivity contribution < 1.29 is 0 Å². The maximum atomic E-state index is 5.26. The zero-order valence-electron chi connectivity index (χ0n) is 11.8. The minimum Gasteiger partial charge on any atom is -0.354 e. The Kier molecular flexibility index (Phi) is 3.97. The summed E-state index contributed by atoms with van der Waals surface area (Å²) in [7, 11) is 0. The first-order valence-electron chi connectivity index (χ1n) is 6.97. The summed E-state index contributed by atoms with van der Waals surface area (Å²) in [5, 5.41) is 8.32. The third kappa shape index (κ3) is 3.28. The van der Waals surface area contributed by atoms with Gasteiger partial charge in [0.15, 0.2) is 5.11 Å². The van der Waals surface area contributed by atoms with Crippen molar-refractivity contribution in [1.82, 2.24) is 10.7 Å². The molecule has 0 amide bonds. The highest BCUT2D eigenvalue weighted by Gasteiger charge is 2.19. The smallest absolute Gasteiger partial charge is 0.187 e. The first-order chi connectivity index (χ1) is 10.2. The molecular weight excluding hydrogens is 278 g/mol. The van der Waals surface area contributed by atoms with E-state index in [9.17, 15) is 0 Å². The number of aryl methyl sites for hydroxylation is 1. The van der Waals surface area contributed by atoms with Gasteiger partial charge >= 0.3 is 0 Å². The Labute approximate surface area is 130 Å². The van der Waals surface area contributed by atoms with E-state index >= 15 is 0 Å². The van der Waals surface area contributed by atoms with Gasteiger partial charge in [0.1, 0.15) is 0 Å². The van der Waals surface area contributed by atoms with Crippen LogP contribution in [0.5, 0.6) is 0 Å². The first-order valence-corrected chi connectivity index (χ1v) is 7.38.